The van der Waals surface area contributed by atoms with Crippen LogP contribution in [-0.2, 0) is 23.0 Å². The molecule has 1 unspecified atom stereocenters. The van der Waals surface area contributed by atoms with E-state index in [1.54, 1.807) is 7.05 Å². The van der Waals surface area contributed by atoms with Gasteiger partial charge >= 0.3 is 6.09 Å². The Hall–Kier alpha value is -4.13. The summed E-state index contributed by atoms with van der Waals surface area (Å²) in [6.07, 6.45) is 1.82. The van der Waals surface area contributed by atoms with Gasteiger partial charge in [-0.3, -0.25) is 14.5 Å². The van der Waals surface area contributed by atoms with E-state index < -0.39 is 18.0 Å². The van der Waals surface area contributed by atoms with E-state index in [0.717, 1.165) is 0 Å². The molecule has 2 aliphatic heterocycles. The summed E-state index contributed by atoms with van der Waals surface area (Å²) in [7, 11) is 1.58. The van der Waals surface area contributed by atoms with Crippen LogP contribution in [0.1, 0.15) is 5.56 Å². The fraction of sp³-hybridized carbons (Fsp3) is 0.333. The molecule has 1 aromatic carbocycles. The number of fused-ring (bicyclic) bond motifs is 2. The minimum Gasteiger partial charge on any atom is -0.465 e. The molecular formula is C21H20FN7O5. The maximum Gasteiger partial charge on any atom is 0.416 e. The highest BCUT2D eigenvalue weighted by molar-refractivity contribution is 5.94. The number of hydrogen-bond donors (Lipinski definition) is 2. The molecule has 2 aromatic heterocycles. The van der Waals surface area contributed by atoms with E-state index in [1.807, 2.05) is 0 Å². The van der Waals surface area contributed by atoms with Crippen LogP contribution in [0, 0.1) is 5.82 Å². The van der Waals surface area contributed by atoms with Gasteiger partial charge in [-0.2, -0.15) is 0 Å². The van der Waals surface area contributed by atoms with Crippen molar-refractivity contribution < 1.29 is 23.5 Å². The molecule has 1 fully saturated rings. The zero-order valence-electron chi connectivity index (χ0n) is 18.1. The molecule has 1 saturated heterocycles. The lowest BCUT2D eigenvalue weighted by molar-refractivity contribution is -0.118. The normalized spacial score (nSPS) is 17.4. The fourth-order valence-corrected chi connectivity index (χ4v) is 3.92. The van der Waals surface area contributed by atoms with Gasteiger partial charge in [-0.15, -0.1) is 0 Å². The number of hydrogen-bond acceptors (Lipinski definition) is 9. The number of anilines is 2. The first-order valence-electron chi connectivity index (χ1n) is 10.5. The van der Waals surface area contributed by atoms with Crippen LogP contribution in [0.5, 0.6) is 5.88 Å². The van der Waals surface area contributed by atoms with E-state index in [2.05, 4.69) is 25.6 Å². The van der Waals surface area contributed by atoms with E-state index in [1.165, 1.54) is 34.0 Å². The van der Waals surface area contributed by atoms with Crippen molar-refractivity contribution in [1.82, 2.24) is 24.8 Å². The van der Waals surface area contributed by atoms with Crippen molar-refractivity contribution in [2.45, 2.75) is 12.5 Å². The van der Waals surface area contributed by atoms with Gasteiger partial charge in [0.25, 0.3) is 17.3 Å². The number of amides is 2. The van der Waals surface area contributed by atoms with Crippen molar-refractivity contribution in [1.29, 1.82) is 0 Å². The number of cyclic esters (lactones) is 1. The number of nitrogens with zero attached hydrogens (tertiary/aromatic N) is 5. The highest BCUT2D eigenvalue weighted by atomic mass is 19.1. The molecule has 0 radical (unpaired) electrons. The van der Waals surface area contributed by atoms with E-state index in [0.29, 0.717) is 36.1 Å². The van der Waals surface area contributed by atoms with Crippen LogP contribution in [-0.4, -0.2) is 63.9 Å². The van der Waals surface area contributed by atoms with Crippen molar-refractivity contribution in [2.24, 2.45) is 7.05 Å². The monoisotopic (exact) mass is 469 g/mol. The summed E-state index contributed by atoms with van der Waals surface area (Å²) in [6.45, 7) is 0.782. The van der Waals surface area contributed by atoms with Crippen LogP contribution in [0.2, 0.25) is 0 Å². The van der Waals surface area contributed by atoms with Crippen LogP contribution >= 0.6 is 0 Å². The van der Waals surface area contributed by atoms with Gasteiger partial charge in [-0.05, 0) is 25.1 Å². The van der Waals surface area contributed by atoms with Gasteiger partial charge in [0.1, 0.15) is 11.9 Å². The van der Waals surface area contributed by atoms with Crippen LogP contribution in [0.3, 0.4) is 0 Å². The summed E-state index contributed by atoms with van der Waals surface area (Å²) >= 11 is 0. The lowest BCUT2D eigenvalue weighted by Crippen LogP contribution is -2.33. The Morgan fingerprint density at radius 1 is 1.24 bits per heavy atom. The van der Waals surface area contributed by atoms with Crippen molar-refractivity contribution in [2.75, 3.05) is 36.5 Å². The summed E-state index contributed by atoms with van der Waals surface area (Å²) in [5.41, 5.74) is 1.06. The average Bonchev–Trinajstić information content (AvgIpc) is 3.20. The minimum atomic E-state index is -0.592. The Morgan fingerprint density at radius 2 is 2.09 bits per heavy atom. The average molecular weight is 469 g/mol. The largest absolute Gasteiger partial charge is 0.465 e. The van der Waals surface area contributed by atoms with Crippen molar-refractivity contribution in [3.63, 3.8) is 0 Å². The fourth-order valence-electron chi connectivity index (χ4n) is 3.92. The number of ether oxygens (including phenoxy) is 2. The predicted octanol–water partition coefficient (Wildman–Crippen LogP) is 0.351. The molecule has 0 aliphatic carbocycles. The van der Waals surface area contributed by atoms with Gasteiger partial charge in [0.05, 0.1) is 30.0 Å². The summed E-state index contributed by atoms with van der Waals surface area (Å²) in [4.78, 5) is 49.5. The molecular weight excluding hydrogens is 449 g/mol. The third-order valence-electron chi connectivity index (χ3n) is 5.58. The number of halogens is 1. The van der Waals surface area contributed by atoms with Crippen LogP contribution < -0.4 is 25.8 Å². The topological polar surface area (TPSA) is 141 Å². The first-order valence-corrected chi connectivity index (χ1v) is 10.5. The molecule has 0 saturated carbocycles. The van der Waals surface area contributed by atoms with Gasteiger partial charge in [-0.25, -0.2) is 24.1 Å². The summed E-state index contributed by atoms with van der Waals surface area (Å²) in [5.74, 6) is -0.226. The standard InChI is InChI=1S/C21H20FN7O5/c1-28-17(31)8-24-14-3-2-13(22)12(18(14)28)4-5-23-6-11-9-29(21(32)34-11)15-7-25-20-19(26-15)27-16(30)10-33-20/h2-3,7-8,11,23H,4-6,9-10H2,1H3,(H,26,27,30). The van der Waals surface area contributed by atoms with E-state index in [9.17, 15) is 18.8 Å². The lowest BCUT2D eigenvalue weighted by atomic mass is 10.1. The van der Waals surface area contributed by atoms with Crippen LogP contribution in [0.25, 0.3) is 11.0 Å². The van der Waals surface area contributed by atoms with Crippen LogP contribution in [0.4, 0.5) is 20.8 Å². The number of rotatable bonds is 6. The Kier molecular flexibility index (Phi) is 5.53. The van der Waals surface area contributed by atoms with Crippen molar-refractivity contribution >= 4 is 34.7 Å². The van der Waals surface area contributed by atoms with Gasteiger partial charge in [0.2, 0.25) is 0 Å². The third kappa shape index (κ3) is 4.01. The van der Waals surface area contributed by atoms with E-state index in [-0.39, 0.29) is 42.1 Å². The molecule has 3 aromatic rings. The molecule has 4 heterocycles. The molecule has 0 bridgehead atoms. The number of carbonyl (C=O) groups is 2. The molecule has 1 atom stereocenters. The molecule has 0 spiro atoms. The van der Waals surface area contributed by atoms with Crippen molar-refractivity contribution in [3.05, 3.63) is 46.3 Å². The zero-order chi connectivity index (χ0) is 23.8. The van der Waals surface area contributed by atoms with Gasteiger partial charge in [-0.1, -0.05) is 0 Å². The van der Waals surface area contributed by atoms with Gasteiger partial charge in [0.15, 0.2) is 18.2 Å². The second-order valence-corrected chi connectivity index (χ2v) is 7.84. The SMILES string of the molecule is Cn1c(=O)cnc2ccc(F)c(CCNCC3CN(c4cnc5c(n4)NC(=O)CO5)C(=O)O3)c21. The van der Waals surface area contributed by atoms with E-state index in [4.69, 9.17) is 9.47 Å². The minimum absolute atomic E-state index is 0.143. The molecule has 2 aliphatic rings. The highest BCUT2D eigenvalue weighted by Crippen LogP contribution is 2.27. The summed E-state index contributed by atoms with van der Waals surface area (Å²) in [5, 5.41) is 5.71. The van der Waals surface area contributed by atoms with E-state index >= 15 is 0 Å². The molecule has 12 nitrogen and oxygen atoms in total. The predicted molar refractivity (Wildman–Crippen MR) is 117 cm³/mol. The number of carbonyl (C=O) groups excluding carboxylic acids is 2. The molecule has 176 valence electrons. The number of aromatic nitrogens is 4. The Bertz CT molecular complexity index is 1360. The molecule has 2 N–H and O–H groups in total. The van der Waals surface area contributed by atoms with Crippen LogP contribution in [0.15, 0.2) is 29.3 Å². The quantitative estimate of drug-likeness (QED) is 0.489. The van der Waals surface area contributed by atoms with Gasteiger partial charge in [0, 0.05) is 19.2 Å². The summed E-state index contributed by atoms with van der Waals surface area (Å²) < 4.78 is 26.4. The summed E-state index contributed by atoms with van der Waals surface area (Å²) in [6, 6.07) is 2.87. The highest BCUT2D eigenvalue weighted by Gasteiger charge is 2.34. The second-order valence-electron chi connectivity index (χ2n) is 7.84. The Morgan fingerprint density at radius 3 is 2.94 bits per heavy atom. The Labute approximate surface area is 191 Å². The zero-order valence-corrected chi connectivity index (χ0v) is 18.1. The maximum atomic E-state index is 14.5. The number of aryl methyl sites for hydroxylation is 1. The number of benzene rings is 1. The smallest absolute Gasteiger partial charge is 0.416 e. The lowest BCUT2D eigenvalue weighted by Gasteiger charge is -2.18. The first kappa shape index (κ1) is 21.7. The third-order valence-corrected chi connectivity index (χ3v) is 5.58. The number of nitrogens with one attached hydrogen (secondary N) is 2. The molecule has 5 rings (SSSR count). The van der Waals surface area contributed by atoms with Crippen molar-refractivity contribution in [3.8, 4) is 5.88 Å². The second kappa shape index (κ2) is 8.67. The van der Waals surface area contributed by atoms with Gasteiger partial charge < -0.3 is 24.7 Å². The maximum absolute atomic E-state index is 14.5. The molecule has 2 amide bonds. The molecule has 34 heavy (non-hydrogen) atoms. The Balaban J connectivity index is 1.21. The molecule has 13 heteroatoms. The first-order chi connectivity index (χ1) is 16.4.